The van der Waals surface area contributed by atoms with Crippen LogP contribution in [0.25, 0.3) is 0 Å². The van der Waals surface area contributed by atoms with E-state index in [0.717, 1.165) is 31.5 Å². The van der Waals surface area contributed by atoms with Gasteiger partial charge in [0.1, 0.15) is 0 Å². The van der Waals surface area contributed by atoms with Crippen LogP contribution >= 0.6 is 34.5 Å². The fourth-order valence-electron chi connectivity index (χ4n) is 4.67. The lowest BCUT2D eigenvalue weighted by Gasteiger charge is -2.23. The van der Waals surface area contributed by atoms with E-state index in [4.69, 9.17) is 23.2 Å². The van der Waals surface area contributed by atoms with E-state index in [1.165, 1.54) is 29.7 Å². The molecule has 0 unspecified atom stereocenters. The molecule has 2 saturated heterocycles. The normalized spacial score (nSPS) is 21.4. The lowest BCUT2D eigenvalue weighted by Crippen LogP contribution is -2.40. The number of aromatic nitrogens is 1. The number of halogens is 2. The molecule has 1 amide bonds. The number of benzene rings is 2. The molecule has 0 saturated carbocycles. The molecular formula is C23H22Cl2N4O3S2. The summed E-state index contributed by atoms with van der Waals surface area (Å²) in [4.78, 5) is 21.3. The van der Waals surface area contributed by atoms with E-state index in [1.807, 2.05) is 12.1 Å². The number of carbonyl (C=O) groups excluding carboxylic acids is 1. The number of rotatable bonds is 6. The van der Waals surface area contributed by atoms with Gasteiger partial charge < -0.3 is 4.90 Å². The second kappa shape index (κ2) is 9.47. The van der Waals surface area contributed by atoms with E-state index in [9.17, 15) is 13.2 Å². The number of hydrogen-bond acceptors (Lipinski definition) is 6. The summed E-state index contributed by atoms with van der Waals surface area (Å²) in [5.74, 6) is 0.328. The van der Waals surface area contributed by atoms with Gasteiger partial charge in [0.2, 0.25) is 5.91 Å². The van der Waals surface area contributed by atoms with E-state index < -0.39 is 10.0 Å². The zero-order chi connectivity index (χ0) is 23.9. The van der Waals surface area contributed by atoms with Crippen molar-refractivity contribution in [1.82, 2.24) is 9.88 Å². The molecule has 2 aliphatic rings. The lowest BCUT2D eigenvalue weighted by atomic mass is 9.98. The Labute approximate surface area is 212 Å². The highest BCUT2D eigenvalue weighted by Crippen LogP contribution is 2.35. The van der Waals surface area contributed by atoms with E-state index in [2.05, 4.69) is 14.6 Å². The van der Waals surface area contributed by atoms with Crippen LogP contribution in [-0.4, -0.2) is 49.9 Å². The van der Waals surface area contributed by atoms with E-state index in [0.29, 0.717) is 27.4 Å². The maximum absolute atomic E-state index is 13.2. The van der Waals surface area contributed by atoms with Crippen molar-refractivity contribution in [2.45, 2.75) is 29.7 Å². The molecule has 2 aromatic carbocycles. The molecule has 3 heterocycles. The fraction of sp³-hybridized carbons (Fsp3) is 0.304. The molecule has 0 spiro atoms. The second-order valence-corrected chi connectivity index (χ2v) is 11.9. The van der Waals surface area contributed by atoms with Crippen molar-refractivity contribution in [1.29, 1.82) is 0 Å². The molecule has 11 heteroatoms. The van der Waals surface area contributed by atoms with Crippen molar-refractivity contribution in [2.75, 3.05) is 29.3 Å². The number of hydrogen-bond donors (Lipinski definition) is 1. The molecular weight excluding hydrogens is 515 g/mol. The van der Waals surface area contributed by atoms with Crippen molar-refractivity contribution >= 4 is 61.3 Å². The van der Waals surface area contributed by atoms with E-state index in [1.54, 1.807) is 28.5 Å². The molecule has 0 aliphatic carbocycles. The van der Waals surface area contributed by atoms with Gasteiger partial charge in [-0.05, 0) is 73.3 Å². The zero-order valence-electron chi connectivity index (χ0n) is 18.0. The average Bonchev–Trinajstić information content (AvgIpc) is 3.54. The molecule has 7 nitrogen and oxygen atoms in total. The van der Waals surface area contributed by atoms with Crippen molar-refractivity contribution in [3.8, 4) is 0 Å². The highest BCUT2D eigenvalue weighted by molar-refractivity contribution is 7.93. The SMILES string of the molecule is O=C1[C@H](N2CC[C@H](c3cc(Cl)cc(Cl)c3)C2)CCN1c1ccc(S(=O)(=O)Nc2nccs2)cc1. The minimum absolute atomic E-state index is 0.0429. The first kappa shape index (κ1) is 23.6. The largest absolute Gasteiger partial charge is 0.311 e. The highest BCUT2D eigenvalue weighted by atomic mass is 35.5. The van der Waals surface area contributed by atoms with Crippen LogP contribution in [-0.2, 0) is 14.8 Å². The molecule has 1 N–H and O–H groups in total. The van der Waals surface area contributed by atoms with Crippen LogP contribution in [0.3, 0.4) is 0 Å². The Kier molecular flexibility index (Phi) is 6.56. The number of sulfonamides is 1. The Morgan fingerprint density at radius 1 is 1.03 bits per heavy atom. The first-order chi connectivity index (χ1) is 16.3. The summed E-state index contributed by atoms with van der Waals surface area (Å²) in [6.07, 6.45) is 3.21. The van der Waals surface area contributed by atoms with Gasteiger partial charge in [-0.3, -0.25) is 14.4 Å². The summed E-state index contributed by atoms with van der Waals surface area (Å²) >= 11 is 13.6. The van der Waals surface area contributed by atoms with Crippen molar-refractivity contribution in [2.24, 2.45) is 0 Å². The minimum Gasteiger partial charge on any atom is -0.311 e. The van der Waals surface area contributed by atoms with Gasteiger partial charge >= 0.3 is 0 Å². The molecule has 2 fully saturated rings. The standard InChI is InChI=1S/C23H22Cl2N4O3S2/c24-17-11-16(12-18(25)13-17)15-5-8-28(14-15)21-6-9-29(22(21)30)19-1-3-20(4-2-19)34(31,32)27-23-26-7-10-33-23/h1-4,7,10-13,15,21H,5-6,8-9,14H2,(H,26,27)/t15-,21+/m0/s1. The van der Waals surface area contributed by atoms with Crippen LogP contribution in [0.4, 0.5) is 10.8 Å². The third-order valence-electron chi connectivity index (χ3n) is 6.31. The van der Waals surface area contributed by atoms with Crippen molar-refractivity contribution in [3.05, 3.63) is 69.7 Å². The number of likely N-dealkylation sites (tertiary alicyclic amines) is 1. The number of nitrogens with one attached hydrogen (secondary N) is 1. The first-order valence-electron chi connectivity index (χ1n) is 10.8. The summed E-state index contributed by atoms with van der Waals surface area (Å²) in [5, 5.41) is 3.25. The van der Waals surface area contributed by atoms with Gasteiger partial charge in [0.15, 0.2) is 5.13 Å². The topological polar surface area (TPSA) is 82.6 Å². The van der Waals surface area contributed by atoms with Crippen LogP contribution in [0, 0.1) is 0 Å². The average molecular weight is 537 g/mol. The molecule has 5 rings (SSSR count). The Morgan fingerprint density at radius 2 is 1.76 bits per heavy atom. The summed E-state index contributed by atoms with van der Waals surface area (Å²) in [6.45, 7) is 2.20. The van der Waals surface area contributed by atoms with Crippen LogP contribution in [0.15, 0.2) is 58.9 Å². The minimum atomic E-state index is -3.73. The molecule has 1 aromatic heterocycles. The van der Waals surface area contributed by atoms with Gasteiger partial charge in [-0.25, -0.2) is 13.4 Å². The summed E-state index contributed by atoms with van der Waals surface area (Å²) in [5.41, 5.74) is 1.79. The molecule has 2 atom stereocenters. The van der Waals surface area contributed by atoms with Crippen LogP contribution in [0.5, 0.6) is 0 Å². The Morgan fingerprint density at radius 3 is 2.44 bits per heavy atom. The third-order valence-corrected chi connectivity index (χ3v) is 8.92. The quantitative estimate of drug-likeness (QED) is 0.487. The number of amides is 1. The number of nitrogens with zero attached hydrogens (tertiary/aromatic N) is 3. The monoisotopic (exact) mass is 536 g/mol. The molecule has 34 heavy (non-hydrogen) atoms. The van der Waals surface area contributed by atoms with Crippen molar-refractivity contribution < 1.29 is 13.2 Å². The van der Waals surface area contributed by atoms with Gasteiger partial charge in [-0.15, -0.1) is 11.3 Å². The number of anilines is 2. The third kappa shape index (κ3) is 4.81. The summed E-state index contributed by atoms with van der Waals surface area (Å²) in [7, 11) is -3.73. The Bertz CT molecular complexity index is 1280. The highest BCUT2D eigenvalue weighted by Gasteiger charge is 2.40. The zero-order valence-corrected chi connectivity index (χ0v) is 21.2. The van der Waals surface area contributed by atoms with E-state index in [-0.39, 0.29) is 22.8 Å². The van der Waals surface area contributed by atoms with Crippen molar-refractivity contribution in [3.63, 3.8) is 0 Å². The molecule has 3 aromatic rings. The Balaban J connectivity index is 1.25. The molecule has 2 aliphatic heterocycles. The smallest absolute Gasteiger partial charge is 0.263 e. The lowest BCUT2D eigenvalue weighted by molar-refractivity contribution is -0.121. The second-order valence-electron chi connectivity index (χ2n) is 8.41. The van der Waals surface area contributed by atoms with Crippen LogP contribution in [0.1, 0.15) is 24.3 Å². The van der Waals surface area contributed by atoms with Crippen LogP contribution < -0.4 is 9.62 Å². The summed E-state index contributed by atoms with van der Waals surface area (Å²) < 4.78 is 27.6. The number of thiazole rings is 1. The molecule has 0 bridgehead atoms. The van der Waals surface area contributed by atoms with Gasteiger partial charge in [0, 0.05) is 40.4 Å². The predicted molar refractivity (Wildman–Crippen MR) is 136 cm³/mol. The molecule has 178 valence electrons. The van der Waals surface area contributed by atoms with Crippen LogP contribution in [0.2, 0.25) is 10.0 Å². The number of carbonyl (C=O) groups is 1. The fourth-order valence-corrected chi connectivity index (χ4v) is 7.00. The summed E-state index contributed by atoms with van der Waals surface area (Å²) in [6, 6.07) is 11.8. The maximum atomic E-state index is 13.2. The van der Waals surface area contributed by atoms with Gasteiger partial charge in [-0.1, -0.05) is 23.2 Å². The molecule has 0 radical (unpaired) electrons. The predicted octanol–water partition coefficient (Wildman–Crippen LogP) is 4.85. The Hall–Kier alpha value is -2.17. The van der Waals surface area contributed by atoms with Gasteiger partial charge in [-0.2, -0.15) is 0 Å². The van der Waals surface area contributed by atoms with Gasteiger partial charge in [0.25, 0.3) is 10.0 Å². The van der Waals surface area contributed by atoms with Gasteiger partial charge in [0.05, 0.1) is 10.9 Å². The first-order valence-corrected chi connectivity index (χ1v) is 14.0. The van der Waals surface area contributed by atoms with E-state index >= 15 is 0 Å². The maximum Gasteiger partial charge on any atom is 0.263 e.